The van der Waals surface area contributed by atoms with Gasteiger partial charge in [-0.2, -0.15) is 0 Å². The molecule has 1 aromatic carbocycles. The average molecular weight is 352 g/mol. The van der Waals surface area contributed by atoms with Crippen molar-refractivity contribution in [1.82, 2.24) is 10.1 Å². The van der Waals surface area contributed by atoms with Gasteiger partial charge in [0.25, 0.3) is 5.91 Å². The van der Waals surface area contributed by atoms with Crippen LogP contribution < -0.4 is 10.1 Å². The molecule has 1 heterocycles. The Hall–Kier alpha value is -2.54. The molecule has 0 spiro atoms. The number of rotatable bonds is 7. The maximum Gasteiger partial charge on any atom is 0.260 e. The molecule has 8 heteroatoms. The lowest BCUT2D eigenvalue weighted by atomic mass is 10.3. The Balaban J connectivity index is 1.84. The zero-order valence-corrected chi connectivity index (χ0v) is 14.2. The lowest BCUT2D eigenvalue weighted by molar-refractivity contribution is -0.136. The van der Waals surface area contributed by atoms with Crippen LogP contribution in [0, 0.1) is 6.92 Å². The summed E-state index contributed by atoms with van der Waals surface area (Å²) < 4.78 is 10.3. The van der Waals surface area contributed by atoms with E-state index in [1.807, 2.05) is 0 Å². The van der Waals surface area contributed by atoms with Crippen molar-refractivity contribution >= 4 is 29.2 Å². The Morgan fingerprint density at radius 3 is 2.62 bits per heavy atom. The van der Waals surface area contributed by atoms with Crippen molar-refractivity contribution in [1.29, 1.82) is 0 Å². The second kappa shape index (κ2) is 8.35. The Kier molecular flexibility index (Phi) is 6.20. The first-order valence-corrected chi connectivity index (χ1v) is 7.75. The molecule has 0 aliphatic rings. The number of nitrogens with zero attached hydrogens (tertiary/aromatic N) is 2. The first-order chi connectivity index (χ1) is 11.5. The number of hydrogen-bond acceptors (Lipinski definition) is 5. The second-order valence-corrected chi connectivity index (χ2v) is 5.46. The second-order valence-electron chi connectivity index (χ2n) is 5.02. The fraction of sp³-hybridized carbons (Fsp3) is 0.312. The van der Waals surface area contributed by atoms with Gasteiger partial charge in [-0.1, -0.05) is 16.8 Å². The smallest absolute Gasteiger partial charge is 0.260 e. The molecule has 7 nitrogen and oxygen atoms in total. The van der Waals surface area contributed by atoms with Crippen LogP contribution in [0.3, 0.4) is 0 Å². The van der Waals surface area contributed by atoms with Crippen molar-refractivity contribution in [3.05, 3.63) is 41.1 Å². The monoisotopic (exact) mass is 351 g/mol. The average Bonchev–Trinajstić information content (AvgIpc) is 2.96. The zero-order valence-electron chi connectivity index (χ0n) is 13.4. The van der Waals surface area contributed by atoms with Gasteiger partial charge in [-0.25, -0.2) is 0 Å². The molecule has 0 saturated heterocycles. The van der Waals surface area contributed by atoms with Gasteiger partial charge in [-0.3, -0.25) is 9.59 Å². The van der Waals surface area contributed by atoms with Gasteiger partial charge in [0, 0.05) is 17.6 Å². The number of benzene rings is 1. The van der Waals surface area contributed by atoms with Crippen LogP contribution in [-0.2, 0) is 9.59 Å². The summed E-state index contributed by atoms with van der Waals surface area (Å²) in [5.74, 6) is 0.791. The summed E-state index contributed by atoms with van der Waals surface area (Å²) in [6.45, 7) is 3.64. The van der Waals surface area contributed by atoms with Crippen molar-refractivity contribution in [2.45, 2.75) is 13.8 Å². The predicted molar refractivity (Wildman–Crippen MR) is 89.1 cm³/mol. The van der Waals surface area contributed by atoms with Crippen LogP contribution >= 0.6 is 11.6 Å². The van der Waals surface area contributed by atoms with Crippen LogP contribution in [0.25, 0.3) is 0 Å². The lowest BCUT2D eigenvalue weighted by Gasteiger charge is -2.20. The minimum absolute atomic E-state index is 0.0920. The Labute approximate surface area is 144 Å². The molecular weight excluding hydrogens is 334 g/mol. The highest BCUT2D eigenvalue weighted by molar-refractivity contribution is 6.30. The predicted octanol–water partition coefficient (Wildman–Crippen LogP) is 2.50. The van der Waals surface area contributed by atoms with E-state index >= 15 is 0 Å². The third-order valence-corrected chi connectivity index (χ3v) is 3.39. The fourth-order valence-electron chi connectivity index (χ4n) is 1.92. The van der Waals surface area contributed by atoms with Gasteiger partial charge in [-0.05, 0) is 38.1 Å². The third-order valence-electron chi connectivity index (χ3n) is 3.14. The van der Waals surface area contributed by atoms with E-state index in [2.05, 4.69) is 10.5 Å². The van der Waals surface area contributed by atoms with E-state index in [-0.39, 0.29) is 25.0 Å². The largest absolute Gasteiger partial charge is 0.484 e. The van der Waals surface area contributed by atoms with E-state index < -0.39 is 0 Å². The first kappa shape index (κ1) is 17.8. The number of aryl methyl sites for hydroxylation is 1. The van der Waals surface area contributed by atoms with Gasteiger partial charge in [0.15, 0.2) is 12.4 Å². The number of aromatic nitrogens is 1. The number of ether oxygens (including phenoxy) is 1. The Morgan fingerprint density at radius 1 is 1.33 bits per heavy atom. The Morgan fingerprint density at radius 2 is 2.04 bits per heavy atom. The minimum Gasteiger partial charge on any atom is -0.484 e. The van der Waals surface area contributed by atoms with Crippen molar-refractivity contribution in [3.63, 3.8) is 0 Å². The molecule has 0 aliphatic carbocycles. The summed E-state index contributed by atoms with van der Waals surface area (Å²) >= 11 is 5.79. The van der Waals surface area contributed by atoms with Crippen LogP contribution in [-0.4, -0.2) is 41.6 Å². The summed E-state index contributed by atoms with van der Waals surface area (Å²) in [7, 11) is 0. The highest BCUT2D eigenvalue weighted by atomic mass is 35.5. The number of anilines is 1. The van der Waals surface area contributed by atoms with Crippen molar-refractivity contribution < 1.29 is 18.8 Å². The molecular formula is C16H18ClN3O4. The van der Waals surface area contributed by atoms with E-state index in [4.69, 9.17) is 20.9 Å². The fourth-order valence-corrected chi connectivity index (χ4v) is 2.05. The van der Waals surface area contributed by atoms with Crippen LogP contribution in [0.4, 0.5) is 5.82 Å². The number of hydrogen-bond donors (Lipinski definition) is 1. The van der Waals surface area contributed by atoms with Crippen molar-refractivity contribution in [2.75, 3.05) is 25.0 Å². The normalized spacial score (nSPS) is 10.3. The summed E-state index contributed by atoms with van der Waals surface area (Å²) in [6.07, 6.45) is 0. The third kappa shape index (κ3) is 5.27. The molecule has 128 valence electrons. The highest BCUT2D eigenvalue weighted by Gasteiger charge is 2.17. The van der Waals surface area contributed by atoms with Gasteiger partial charge in [0.1, 0.15) is 11.5 Å². The number of amides is 2. The molecule has 0 bridgehead atoms. The summed E-state index contributed by atoms with van der Waals surface area (Å²) in [5, 5.41) is 6.83. The van der Waals surface area contributed by atoms with Crippen molar-refractivity contribution in [2.24, 2.45) is 0 Å². The lowest BCUT2D eigenvalue weighted by Crippen LogP contribution is -2.40. The molecule has 2 amide bonds. The van der Waals surface area contributed by atoms with Crippen LogP contribution in [0.1, 0.15) is 12.7 Å². The van der Waals surface area contributed by atoms with Crippen LogP contribution in [0.15, 0.2) is 34.9 Å². The van der Waals surface area contributed by atoms with Crippen LogP contribution in [0.2, 0.25) is 5.02 Å². The molecule has 2 rings (SSSR count). The van der Waals surface area contributed by atoms with E-state index in [1.54, 1.807) is 44.2 Å². The maximum atomic E-state index is 12.2. The molecule has 0 radical (unpaired) electrons. The topological polar surface area (TPSA) is 84.7 Å². The number of carbonyl (C=O) groups is 2. The summed E-state index contributed by atoms with van der Waals surface area (Å²) in [4.78, 5) is 25.5. The molecule has 0 unspecified atom stereocenters. The van der Waals surface area contributed by atoms with E-state index in [0.29, 0.717) is 28.9 Å². The van der Waals surface area contributed by atoms with Gasteiger partial charge >= 0.3 is 0 Å². The maximum absolute atomic E-state index is 12.2. The first-order valence-electron chi connectivity index (χ1n) is 7.37. The molecule has 24 heavy (non-hydrogen) atoms. The van der Waals surface area contributed by atoms with Crippen LogP contribution in [0.5, 0.6) is 5.75 Å². The summed E-state index contributed by atoms with van der Waals surface area (Å²) in [6, 6.07) is 8.29. The molecule has 0 atom stereocenters. The SMILES string of the molecule is CCN(CC(=O)Nc1cc(C)on1)C(=O)COc1ccc(Cl)cc1. The standard InChI is InChI=1S/C16H18ClN3O4/c1-3-20(9-15(21)18-14-8-11(2)24-19-14)16(22)10-23-13-6-4-12(17)5-7-13/h4-8H,3,9-10H2,1-2H3,(H,18,19,21). The van der Waals surface area contributed by atoms with Gasteiger partial charge in [0.05, 0.1) is 6.54 Å². The number of likely N-dealkylation sites (N-methyl/N-ethyl adjacent to an activating group) is 1. The quantitative estimate of drug-likeness (QED) is 0.828. The Bertz CT molecular complexity index is 700. The minimum atomic E-state index is -0.356. The van der Waals surface area contributed by atoms with Gasteiger partial charge < -0.3 is 19.5 Å². The molecule has 1 N–H and O–H groups in total. The zero-order chi connectivity index (χ0) is 17.5. The van der Waals surface area contributed by atoms with E-state index in [1.165, 1.54) is 4.90 Å². The number of carbonyl (C=O) groups excluding carboxylic acids is 2. The highest BCUT2D eigenvalue weighted by Crippen LogP contribution is 2.15. The molecule has 2 aromatic rings. The number of nitrogens with one attached hydrogen (secondary N) is 1. The van der Waals surface area contributed by atoms with Gasteiger partial charge in [0.2, 0.25) is 5.91 Å². The van der Waals surface area contributed by atoms with Crippen molar-refractivity contribution in [3.8, 4) is 5.75 Å². The molecule has 0 saturated carbocycles. The molecule has 0 fully saturated rings. The van der Waals surface area contributed by atoms with E-state index in [0.717, 1.165) is 0 Å². The summed E-state index contributed by atoms with van der Waals surface area (Å²) in [5.41, 5.74) is 0. The van der Waals surface area contributed by atoms with E-state index in [9.17, 15) is 9.59 Å². The number of halogens is 1. The van der Waals surface area contributed by atoms with Gasteiger partial charge in [-0.15, -0.1) is 0 Å². The molecule has 1 aromatic heterocycles. The molecule has 0 aliphatic heterocycles.